The fourth-order valence-corrected chi connectivity index (χ4v) is 0.933. The first-order valence-corrected chi connectivity index (χ1v) is 6.00. The first-order chi connectivity index (χ1) is 8.18. The number of aliphatic carboxylic acids is 2. The molecule has 0 aromatic heterocycles. The van der Waals surface area contributed by atoms with Gasteiger partial charge in [-0.25, -0.2) is 9.59 Å². The van der Waals surface area contributed by atoms with Gasteiger partial charge in [0.15, 0.2) is 12.2 Å². The third-order valence-electron chi connectivity index (χ3n) is 2.87. The van der Waals surface area contributed by atoms with Crippen LogP contribution in [-0.2, 0) is 9.59 Å². The van der Waals surface area contributed by atoms with E-state index in [1.165, 1.54) is 0 Å². The zero-order chi connectivity index (χ0) is 14.9. The number of carbonyl (C=O) groups is 2. The van der Waals surface area contributed by atoms with Gasteiger partial charge < -0.3 is 20.4 Å². The third-order valence-corrected chi connectivity index (χ3v) is 2.87. The molecule has 4 unspecified atom stereocenters. The number of aliphatic hydroxyl groups is 2. The molecule has 4 atom stereocenters. The van der Waals surface area contributed by atoms with Crippen LogP contribution < -0.4 is 0 Å². The van der Waals surface area contributed by atoms with Crippen molar-refractivity contribution in [3.8, 4) is 0 Å². The molecule has 0 saturated heterocycles. The Morgan fingerprint density at radius 1 is 0.833 bits per heavy atom. The maximum absolute atomic E-state index is 10.0. The maximum atomic E-state index is 10.0. The lowest BCUT2D eigenvalue weighted by Gasteiger charge is -2.10. The molecule has 0 aromatic rings. The second-order valence-electron chi connectivity index (χ2n) is 4.34. The molecule has 0 aromatic carbocycles. The molecule has 0 fully saturated rings. The Hall–Kier alpha value is -1.14. The van der Waals surface area contributed by atoms with E-state index in [0.29, 0.717) is 12.8 Å². The summed E-state index contributed by atoms with van der Waals surface area (Å²) < 4.78 is 0. The molecular formula is C12H24O6. The van der Waals surface area contributed by atoms with Gasteiger partial charge in [-0.3, -0.25) is 0 Å². The highest BCUT2D eigenvalue weighted by Crippen LogP contribution is 2.06. The van der Waals surface area contributed by atoms with Crippen LogP contribution in [0.3, 0.4) is 0 Å². The molecule has 0 aliphatic heterocycles. The van der Waals surface area contributed by atoms with Crippen molar-refractivity contribution in [2.24, 2.45) is 11.8 Å². The smallest absolute Gasteiger partial charge is 0.332 e. The minimum atomic E-state index is -1.20. The van der Waals surface area contributed by atoms with Gasteiger partial charge in [0.05, 0.1) is 0 Å². The summed E-state index contributed by atoms with van der Waals surface area (Å²) in [5.41, 5.74) is 0. The molecule has 0 aliphatic rings. The summed E-state index contributed by atoms with van der Waals surface area (Å²) in [6.45, 7) is 7.10. The summed E-state index contributed by atoms with van der Waals surface area (Å²) in [7, 11) is 0. The van der Waals surface area contributed by atoms with Crippen LogP contribution in [0.4, 0.5) is 0 Å². The van der Waals surface area contributed by atoms with Crippen molar-refractivity contribution >= 4 is 11.9 Å². The normalized spacial score (nSPS) is 16.8. The molecule has 0 rings (SSSR count). The van der Waals surface area contributed by atoms with Crippen LogP contribution in [0.15, 0.2) is 0 Å². The topological polar surface area (TPSA) is 115 Å². The summed E-state index contributed by atoms with van der Waals surface area (Å²) in [6, 6.07) is 0. The molecule has 0 radical (unpaired) electrons. The minimum absolute atomic E-state index is 0.150. The van der Waals surface area contributed by atoms with Crippen LogP contribution in [-0.4, -0.2) is 44.6 Å². The van der Waals surface area contributed by atoms with Crippen LogP contribution in [0.1, 0.15) is 40.5 Å². The summed E-state index contributed by atoms with van der Waals surface area (Å²) in [5.74, 6) is -2.57. The van der Waals surface area contributed by atoms with E-state index < -0.39 is 24.1 Å². The van der Waals surface area contributed by atoms with Crippen molar-refractivity contribution in [3.63, 3.8) is 0 Å². The molecule has 18 heavy (non-hydrogen) atoms. The average Bonchev–Trinajstić information content (AvgIpc) is 2.35. The molecule has 0 bridgehead atoms. The van der Waals surface area contributed by atoms with Crippen LogP contribution in [0.25, 0.3) is 0 Å². The minimum Gasteiger partial charge on any atom is -0.479 e. The molecule has 0 spiro atoms. The highest BCUT2D eigenvalue weighted by molar-refractivity contribution is 5.72. The number of carboxylic acids is 2. The highest BCUT2D eigenvalue weighted by Gasteiger charge is 2.19. The first-order valence-electron chi connectivity index (χ1n) is 6.00. The highest BCUT2D eigenvalue weighted by atomic mass is 16.4. The van der Waals surface area contributed by atoms with Crippen molar-refractivity contribution < 1.29 is 30.0 Å². The van der Waals surface area contributed by atoms with Crippen LogP contribution in [0, 0.1) is 11.8 Å². The van der Waals surface area contributed by atoms with Gasteiger partial charge in [0.25, 0.3) is 0 Å². The summed E-state index contributed by atoms with van der Waals surface area (Å²) >= 11 is 0. The van der Waals surface area contributed by atoms with Gasteiger partial charge in [-0.2, -0.15) is 0 Å². The van der Waals surface area contributed by atoms with E-state index in [1.807, 2.05) is 13.8 Å². The molecule has 0 amide bonds. The summed E-state index contributed by atoms with van der Waals surface area (Å²) in [5, 5.41) is 34.1. The number of hydrogen-bond donors (Lipinski definition) is 4. The zero-order valence-corrected chi connectivity index (χ0v) is 11.3. The lowest BCUT2D eigenvalue weighted by Crippen LogP contribution is -2.26. The number of hydrogen-bond acceptors (Lipinski definition) is 4. The van der Waals surface area contributed by atoms with Crippen molar-refractivity contribution in [2.75, 3.05) is 0 Å². The van der Waals surface area contributed by atoms with E-state index in [2.05, 4.69) is 0 Å². The standard InChI is InChI=1S/2C6H12O3/c2*1-3-4(2)5(7)6(8)9/h2*4-5,7H,3H2,1-2H3,(H,8,9). The summed E-state index contributed by atoms with van der Waals surface area (Å²) in [6.07, 6.45) is -1.02. The summed E-state index contributed by atoms with van der Waals surface area (Å²) in [4.78, 5) is 20.1. The fraction of sp³-hybridized carbons (Fsp3) is 0.833. The monoisotopic (exact) mass is 264 g/mol. The largest absolute Gasteiger partial charge is 0.479 e. The van der Waals surface area contributed by atoms with Gasteiger partial charge in [-0.05, 0) is 11.8 Å². The predicted octanol–water partition coefficient (Wildman–Crippen LogP) is 0.956. The number of carboxylic acid groups (broad SMARTS) is 2. The van der Waals surface area contributed by atoms with Gasteiger partial charge >= 0.3 is 11.9 Å². The Morgan fingerprint density at radius 3 is 1.11 bits per heavy atom. The predicted molar refractivity (Wildman–Crippen MR) is 66.2 cm³/mol. The van der Waals surface area contributed by atoms with E-state index >= 15 is 0 Å². The van der Waals surface area contributed by atoms with Crippen LogP contribution >= 0.6 is 0 Å². The number of aliphatic hydroxyl groups excluding tert-OH is 2. The Balaban J connectivity index is 0. The molecule has 6 heteroatoms. The molecule has 0 aliphatic carbocycles. The van der Waals surface area contributed by atoms with Crippen molar-refractivity contribution in [1.29, 1.82) is 0 Å². The van der Waals surface area contributed by atoms with Gasteiger partial charge in [-0.15, -0.1) is 0 Å². The second kappa shape index (κ2) is 9.85. The molecule has 4 N–H and O–H groups in total. The fourth-order valence-electron chi connectivity index (χ4n) is 0.933. The van der Waals surface area contributed by atoms with Crippen molar-refractivity contribution in [2.45, 2.75) is 52.7 Å². The molecule has 6 nitrogen and oxygen atoms in total. The van der Waals surface area contributed by atoms with E-state index in [9.17, 15) is 9.59 Å². The zero-order valence-electron chi connectivity index (χ0n) is 11.3. The Morgan fingerprint density at radius 2 is 1.06 bits per heavy atom. The number of rotatable bonds is 6. The van der Waals surface area contributed by atoms with Gasteiger partial charge in [-0.1, -0.05) is 40.5 Å². The van der Waals surface area contributed by atoms with Crippen LogP contribution in [0.5, 0.6) is 0 Å². The van der Waals surface area contributed by atoms with Crippen LogP contribution in [0.2, 0.25) is 0 Å². The van der Waals surface area contributed by atoms with E-state index in [-0.39, 0.29) is 11.8 Å². The lowest BCUT2D eigenvalue weighted by molar-refractivity contribution is -0.150. The SMILES string of the molecule is CCC(C)C(O)C(=O)O.CCC(C)C(O)C(=O)O. The van der Waals surface area contributed by atoms with Gasteiger partial charge in [0.2, 0.25) is 0 Å². The quantitative estimate of drug-likeness (QED) is 0.568. The third kappa shape index (κ3) is 8.03. The Kier molecular flexibility index (Phi) is 10.5. The van der Waals surface area contributed by atoms with Crippen molar-refractivity contribution in [1.82, 2.24) is 0 Å². The maximum Gasteiger partial charge on any atom is 0.332 e. The molecular weight excluding hydrogens is 240 g/mol. The Labute approximate surface area is 107 Å². The Bertz CT molecular complexity index is 227. The van der Waals surface area contributed by atoms with Crippen molar-refractivity contribution in [3.05, 3.63) is 0 Å². The second-order valence-corrected chi connectivity index (χ2v) is 4.34. The lowest BCUT2D eigenvalue weighted by atomic mass is 10.0. The van der Waals surface area contributed by atoms with E-state index in [1.54, 1.807) is 13.8 Å². The molecule has 0 saturated carbocycles. The van der Waals surface area contributed by atoms with E-state index in [4.69, 9.17) is 20.4 Å². The van der Waals surface area contributed by atoms with Gasteiger partial charge in [0, 0.05) is 0 Å². The average molecular weight is 264 g/mol. The van der Waals surface area contributed by atoms with Gasteiger partial charge in [0.1, 0.15) is 0 Å². The van der Waals surface area contributed by atoms with E-state index in [0.717, 1.165) is 0 Å². The first kappa shape index (κ1) is 19.2. The molecule has 108 valence electrons. The molecule has 0 heterocycles.